The normalized spacial score (nSPS) is 20.8. The molecule has 1 fully saturated rings. The lowest BCUT2D eigenvalue weighted by molar-refractivity contribution is 0.318. The maximum Gasteiger partial charge on any atom is 0.170 e. The number of hydrogen-bond donors (Lipinski definition) is 2. The standard InChI is InChI=1S/C15H22FN3O/c1-2-12-6-4-3-5-9-19(12)14-8-7-11(10-13(14)16)15(17)18-20/h7-8,10,12,20H,2-6,9H2,1H3,(H2,17,18). The molecule has 0 spiro atoms. The zero-order chi connectivity index (χ0) is 14.5. The monoisotopic (exact) mass is 279 g/mol. The van der Waals surface area contributed by atoms with Crippen LogP contribution in [0.5, 0.6) is 0 Å². The van der Waals surface area contributed by atoms with Gasteiger partial charge in [0.1, 0.15) is 5.82 Å². The molecule has 1 aromatic carbocycles. The topological polar surface area (TPSA) is 61.8 Å². The van der Waals surface area contributed by atoms with Gasteiger partial charge in [0.15, 0.2) is 5.84 Å². The first-order chi connectivity index (χ1) is 9.67. The maximum absolute atomic E-state index is 14.3. The van der Waals surface area contributed by atoms with Gasteiger partial charge in [0.2, 0.25) is 0 Å². The van der Waals surface area contributed by atoms with Crippen LogP contribution in [0.1, 0.15) is 44.6 Å². The van der Waals surface area contributed by atoms with Crippen molar-refractivity contribution in [2.75, 3.05) is 11.4 Å². The van der Waals surface area contributed by atoms with Crippen LogP contribution < -0.4 is 10.6 Å². The van der Waals surface area contributed by atoms with Gasteiger partial charge in [-0.1, -0.05) is 24.9 Å². The largest absolute Gasteiger partial charge is 0.409 e. The van der Waals surface area contributed by atoms with Crippen molar-refractivity contribution < 1.29 is 9.60 Å². The summed E-state index contributed by atoms with van der Waals surface area (Å²) in [7, 11) is 0. The number of nitrogens with two attached hydrogens (primary N) is 1. The van der Waals surface area contributed by atoms with Gasteiger partial charge in [0.25, 0.3) is 0 Å². The first-order valence-electron chi connectivity index (χ1n) is 7.21. The molecule has 0 aromatic heterocycles. The van der Waals surface area contributed by atoms with Crippen LogP contribution in [0.2, 0.25) is 0 Å². The second-order valence-electron chi connectivity index (χ2n) is 5.26. The molecule has 20 heavy (non-hydrogen) atoms. The van der Waals surface area contributed by atoms with Crippen molar-refractivity contribution >= 4 is 11.5 Å². The van der Waals surface area contributed by atoms with Crippen LogP contribution in [0.4, 0.5) is 10.1 Å². The minimum absolute atomic E-state index is 0.0710. The van der Waals surface area contributed by atoms with E-state index in [9.17, 15) is 4.39 Å². The van der Waals surface area contributed by atoms with Gasteiger partial charge < -0.3 is 15.8 Å². The third kappa shape index (κ3) is 3.03. The highest BCUT2D eigenvalue weighted by atomic mass is 19.1. The predicted octanol–water partition coefficient (Wildman–Crippen LogP) is 3.08. The third-order valence-corrected chi connectivity index (χ3v) is 4.01. The van der Waals surface area contributed by atoms with Crippen molar-refractivity contribution in [2.24, 2.45) is 10.9 Å². The van der Waals surface area contributed by atoms with Gasteiger partial charge in [-0.05, 0) is 37.5 Å². The van der Waals surface area contributed by atoms with Crippen LogP contribution in [-0.4, -0.2) is 23.6 Å². The Hall–Kier alpha value is -1.78. The van der Waals surface area contributed by atoms with Gasteiger partial charge in [-0.25, -0.2) is 4.39 Å². The second kappa shape index (κ2) is 6.59. The highest BCUT2D eigenvalue weighted by molar-refractivity contribution is 5.97. The third-order valence-electron chi connectivity index (χ3n) is 4.01. The van der Waals surface area contributed by atoms with Crippen LogP contribution in [0.15, 0.2) is 23.4 Å². The molecule has 3 N–H and O–H groups in total. The van der Waals surface area contributed by atoms with E-state index in [0.717, 1.165) is 25.8 Å². The second-order valence-corrected chi connectivity index (χ2v) is 5.26. The van der Waals surface area contributed by atoms with E-state index in [-0.39, 0.29) is 11.7 Å². The van der Waals surface area contributed by atoms with Crippen molar-refractivity contribution in [1.82, 2.24) is 0 Å². The Kier molecular flexibility index (Phi) is 4.82. The zero-order valence-corrected chi connectivity index (χ0v) is 11.8. The molecule has 1 aliphatic rings. The average Bonchev–Trinajstić information content (AvgIpc) is 2.71. The predicted molar refractivity (Wildman–Crippen MR) is 78.8 cm³/mol. The quantitative estimate of drug-likeness (QED) is 0.387. The molecule has 1 atom stereocenters. The highest BCUT2D eigenvalue weighted by Crippen LogP contribution is 2.28. The van der Waals surface area contributed by atoms with Gasteiger partial charge in [-0.3, -0.25) is 0 Å². The van der Waals surface area contributed by atoms with Crippen molar-refractivity contribution in [3.8, 4) is 0 Å². The molecule has 110 valence electrons. The van der Waals surface area contributed by atoms with Gasteiger partial charge in [-0.2, -0.15) is 0 Å². The number of halogens is 1. The highest BCUT2D eigenvalue weighted by Gasteiger charge is 2.22. The molecule has 4 nitrogen and oxygen atoms in total. The molecular formula is C15H22FN3O. The number of nitrogens with zero attached hydrogens (tertiary/aromatic N) is 2. The van der Waals surface area contributed by atoms with Gasteiger partial charge >= 0.3 is 0 Å². The van der Waals surface area contributed by atoms with E-state index in [1.807, 2.05) is 0 Å². The van der Waals surface area contributed by atoms with E-state index < -0.39 is 0 Å². The summed E-state index contributed by atoms with van der Waals surface area (Å²) in [5.41, 5.74) is 6.51. The fourth-order valence-electron chi connectivity index (χ4n) is 2.88. The molecule has 1 saturated heterocycles. The average molecular weight is 279 g/mol. The zero-order valence-electron chi connectivity index (χ0n) is 11.8. The van der Waals surface area contributed by atoms with Crippen molar-refractivity contribution in [2.45, 2.75) is 45.1 Å². The lowest BCUT2D eigenvalue weighted by Crippen LogP contribution is -2.35. The number of oxime groups is 1. The van der Waals surface area contributed by atoms with Gasteiger partial charge in [0.05, 0.1) is 5.69 Å². The lowest BCUT2D eigenvalue weighted by atomic mass is 10.1. The van der Waals surface area contributed by atoms with E-state index in [0.29, 0.717) is 17.3 Å². The number of amidine groups is 1. The summed E-state index contributed by atoms with van der Waals surface area (Å²) in [6, 6.07) is 5.16. The Bertz CT molecular complexity index is 490. The number of hydrogen-bond acceptors (Lipinski definition) is 3. The Morgan fingerprint density at radius 2 is 2.25 bits per heavy atom. The van der Waals surface area contributed by atoms with Crippen molar-refractivity contribution in [1.29, 1.82) is 0 Å². The van der Waals surface area contributed by atoms with Crippen LogP contribution in [0.25, 0.3) is 0 Å². The summed E-state index contributed by atoms with van der Waals surface area (Å²) in [6.45, 7) is 3.03. The fraction of sp³-hybridized carbons (Fsp3) is 0.533. The molecule has 1 aromatic rings. The smallest absolute Gasteiger partial charge is 0.170 e. The summed E-state index contributed by atoms with van der Waals surface area (Å²) in [5.74, 6) is -0.382. The van der Waals surface area contributed by atoms with Crippen LogP contribution >= 0.6 is 0 Å². The molecular weight excluding hydrogens is 257 g/mol. The Morgan fingerprint density at radius 3 is 2.90 bits per heavy atom. The summed E-state index contributed by atoms with van der Waals surface area (Å²) >= 11 is 0. The maximum atomic E-state index is 14.3. The minimum Gasteiger partial charge on any atom is -0.409 e. The molecule has 0 saturated carbocycles. The molecule has 0 bridgehead atoms. The van der Waals surface area contributed by atoms with E-state index in [1.54, 1.807) is 12.1 Å². The SMILES string of the molecule is CCC1CCCCCN1c1ccc(/C(N)=N/O)cc1F. The molecule has 1 aliphatic heterocycles. The van der Waals surface area contributed by atoms with Gasteiger partial charge in [0, 0.05) is 18.2 Å². The molecule has 0 amide bonds. The number of anilines is 1. The Labute approximate surface area is 119 Å². The first kappa shape index (κ1) is 14.6. The molecule has 0 aliphatic carbocycles. The summed E-state index contributed by atoms with van der Waals surface area (Å²) < 4.78 is 14.3. The van der Waals surface area contributed by atoms with E-state index in [1.165, 1.54) is 18.9 Å². The Morgan fingerprint density at radius 1 is 1.45 bits per heavy atom. The molecule has 1 unspecified atom stereocenters. The molecule has 0 radical (unpaired) electrons. The van der Waals surface area contributed by atoms with E-state index in [4.69, 9.17) is 10.9 Å². The van der Waals surface area contributed by atoms with E-state index >= 15 is 0 Å². The van der Waals surface area contributed by atoms with Crippen LogP contribution in [0.3, 0.4) is 0 Å². The first-order valence-corrected chi connectivity index (χ1v) is 7.21. The Balaban J connectivity index is 2.31. The van der Waals surface area contributed by atoms with E-state index in [2.05, 4.69) is 17.0 Å². The number of rotatable bonds is 3. The lowest BCUT2D eigenvalue weighted by Gasteiger charge is -2.31. The minimum atomic E-state index is -0.311. The number of benzene rings is 1. The van der Waals surface area contributed by atoms with Crippen molar-refractivity contribution in [3.63, 3.8) is 0 Å². The molecule has 1 heterocycles. The van der Waals surface area contributed by atoms with Crippen LogP contribution in [0, 0.1) is 5.82 Å². The van der Waals surface area contributed by atoms with Gasteiger partial charge in [-0.15, -0.1) is 0 Å². The van der Waals surface area contributed by atoms with Crippen molar-refractivity contribution in [3.05, 3.63) is 29.6 Å². The van der Waals surface area contributed by atoms with Crippen LogP contribution in [-0.2, 0) is 0 Å². The fourth-order valence-corrected chi connectivity index (χ4v) is 2.88. The molecule has 2 rings (SSSR count). The molecule has 5 heteroatoms. The summed E-state index contributed by atoms with van der Waals surface area (Å²) in [6.07, 6.45) is 5.63. The summed E-state index contributed by atoms with van der Waals surface area (Å²) in [5, 5.41) is 11.5. The summed E-state index contributed by atoms with van der Waals surface area (Å²) in [4.78, 5) is 2.17.